The number of hydrogen-bond donors (Lipinski definition) is 0. The zero-order valence-electron chi connectivity index (χ0n) is 8.13. The average Bonchev–Trinajstić information content (AvgIpc) is 1.81. The molecule has 1 aliphatic heterocycles. The summed E-state index contributed by atoms with van der Waals surface area (Å²) in [6, 6.07) is 0. The van der Waals surface area contributed by atoms with Crippen molar-refractivity contribution >= 4 is 37.1 Å². The Hall–Kier alpha value is 0.668. The second-order valence-corrected chi connectivity index (χ2v) is 9.57. The molecule has 1 saturated heterocycles. The summed E-state index contributed by atoms with van der Waals surface area (Å²) in [5, 5.41) is 0. The Morgan fingerprint density at radius 1 is 0.538 bits per heavy atom. The summed E-state index contributed by atoms with van der Waals surface area (Å²) in [4.78, 5) is 0. The molecule has 0 aromatic heterocycles. The van der Waals surface area contributed by atoms with Gasteiger partial charge in [0.05, 0.1) is 0 Å². The van der Waals surface area contributed by atoms with Gasteiger partial charge in [-0.2, -0.15) is 0 Å². The Morgan fingerprint density at radius 2 is 0.692 bits per heavy atom. The van der Waals surface area contributed by atoms with Crippen LogP contribution in [0.5, 0.6) is 0 Å². The molecule has 0 aliphatic carbocycles. The average molecular weight is 254 g/mol. The lowest BCUT2D eigenvalue weighted by Gasteiger charge is -2.25. The van der Waals surface area contributed by atoms with Crippen LogP contribution in [0, 0.1) is 0 Å². The maximum Gasteiger partial charge on any atom is 0.362 e. The van der Waals surface area contributed by atoms with Crippen LogP contribution in [0.2, 0.25) is 26.2 Å². The van der Waals surface area contributed by atoms with E-state index in [1.54, 1.807) is 0 Å². The Balaban J connectivity index is 0.00000144. The van der Waals surface area contributed by atoms with E-state index in [0.717, 1.165) is 0 Å². The molecule has 0 atom stereocenters. The van der Waals surface area contributed by atoms with E-state index in [9.17, 15) is 0 Å². The van der Waals surface area contributed by atoms with Gasteiger partial charge in [0.15, 0.2) is 0 Å². The summed E-state index contributed by atoms with van der Waals surface area (Å²) >= 11 is 0. The smallest absolute Gasteiger partial charge is 0.362 e. The van der Waals surface area contributed by atoms with E-state index < -0.39 is 37.1 Å². The van der Waals surface area contributed by atoms with Crippen molar-refractivity contribution in [1.82, 2.24) is 0 Å². The molecule has 0 amide bonds. The summed E-state index contributed by atoms with van der Waals surface area (Å²) in [6.07, 6.45) is 0. The summed E-state index contributed by atoms with van der Waals surface area (Å²) in [7, 11) is -4.46. The van der Waals surface area contributed by atoms with Crippen molar-refractivity contribution in [3.8, 4) is 0 Å². The lowest BCUT2D eigenvalue weighted by Crippen LogP contribution is -2.44. The fraction of sp³-hybridized carbons (Fsp3) is 1.00. The van der Waals surface area contributed by atoms with Crippen LogP contribution in [0.1, 0.15) is 0 Å². The molecule has 0 spiro atoms. The van der Waals surface area contributed by atoms with Gasteiger partial charge < -0.3 is 21.9 Å². The zero-order valence-corrected chi connectivity index (χ0v) is 12.1. The van der Waals surface area contributed by atoms with Crippen LogP contribution in [0.4, 0.5) is 0 Å². The van der Waals surface area contributed by atoms with Crippen molar-refractivity contribution in [2.45, 2.75) is 26.2 Å². The molecule has 0 saturated carbocycles. The second-order valence-electron chi connectivity index (χ2n) is 2.37. The van der Waals surface area contributed by atoms with Crippen LogP contribution in [-0.4, -0.2) is 42.6 Å². The largest absolute Gasteiger partial charge is 0.414 e. The Labute approximate surface area is 85.7 Å². The van der Waals surface area contributed by atoms with Crippen molar-refractivity contribution in [3.05, 3.63) is 0 Å². The third kappa shape index (κ3) is 5.19. The Bertz CT molecular complexity index is 108. The van der Waals surface area contributed by atoms with Gasteiger partial charge in [-0.05, 0) is 26.2 Å². The third-order valence-corrected chi connectivity index (χ3v) is 10.3. The molecule has 1 aliphatic rings. The van der Waals surface area contributed by atoms with Gasteiger partial charge in [0.25, 0.3) is 0 Å². The predicted octanol–water partition coefficient (Wildman–Crippen LogP) is -0.286. The molecule has 0 aromatic carbocycles. The molecule has 2 N–H and O–H groups in total. The summed E-state index contributed by atoms with van der Waals surface area (Å²) in [5.41, 5.74) is 0. The Morgan fingerprint density at radius 3 is 0.846 bits per heavy atom. The third-order valence-electron chi connectivity index (χ3n) is 1.15. The molecular weight excluding hydrogens is 240 g/mol. The normalized spacial score (nSPS) is 24.9. The van der Waals surface area contributed by atoms with Crippen LogP contribution < -0.4 is 0 Å². The van der Waals surface area contributed by atoms with Crippen molar-refractivity contribution in [2.75, 3.05) is 0 Å². The zero-order chi connectivity index (χ0) is 9.14. The van der Waals surface area contributed by atoms with Crippen LogP contribution in [0.15, 0.2) is 0 Å². The fourth-order valence-electron chi connectivity index (χ4n) is 0.893. The van der Waals surface area contributed by atoms with Gasteiger partial charge in [-0.3, -0.25) is 0 Å². The summed E-state index contributed by atoms with van der Waals surface area (Å²) in [5.74, 6) is 0. The first kappa shape index (κ1) is 13.7. The number of rotatable bonds is 0. The van der Waals surface area contributed by atoms with Gasteiger partial charge in [-0.1, -0.05) is 0 Å². The molecule has 5 nitrogen and oxygen atoms in total. The predicted molar refractivity (Wildman–Crippen MR) is 54.4 cm³/mol. The van der Waals surface area contributed by atoms with E-state index in [-0.39, 0.29) is 5.48 Å². The lowest BCUT2D eigenvalue weighted by atomic mass is 11.9. The minimum Gasteiger partial charge on any atom is -0.414 e. The van der Waals surface area contributed by atoms with Crippen LogP contribution in [0.25, 0.3) is 0 Å². The highest BCUT2D eigenvalue weighted by molar-refractivity contribution is 6.72. The molecule has 13 heavy (non-hydrogen) atoms. The van der Waals surface area contributed by atoms with Gasteiger partial charge in [-0.15, -0.1) is 0 Å². The van der Waals surface area contributed by atoms with Gasteiger partial charge in [0.2, 0.25) is 0 Å². The molecule has 4 radical (unpaired) electrons. The highest BCUT2D eigenvalue weighted by Gasteiger charge is 2.29. The lowest BCUT2D eigenvalue weighted by molar-refractivity contribution is 0.295. The fourth-order valence-corrected chi connectivity index (χ4v) is 9.54. The molecule has 1 heterocycles. The molecular formula is C4H14O5Si4. The standard InChI is InChI=1S/C4H12O4Si4.H2O/c1-9-5-10(2)7-12(4)8-11(3)6-9;/h1-4H3;1H2. The second kappa shape index (κ2) is 6.21. The maximum atomic E-state index is 5.56. The van der Waals surface area contributed by atoms with E-state index in [4.69, 9.17) is 16.5 Å². The van der Waals surface area contributed by atoms with Crippen LogP contribution in [-0.2, 0) is 16.5 Å². The van der Waals surface area contributed by atoms with E-state index in [0.29, 0.717) is 0 Å². The molecule has 9 heteroatoms. The highest BCUT2D eigenvalue weighted by atomic mass is 28.5. The van der Waals surface area contributed by atoms with E-state index in [2.05, 4.69) is 0 Å². The maximum absolute atomic E-state index is 5.56. The van der Waals surface area contributed by atoms with Crippen LogP contribution in [0.3, 0.4) is 0 Å². The van der Waals surface area contributed by atoms with Crippen molar-refractivity contribution in [1.29, 1.82) is 0 Å². The minimum atomic E-state index is -1.12. The van der Waals surface area contributed by atoms with Gasteiger partial charge in [-0.25, -0.2) is 0 Å². The highest BCUT2D eigenvalue weighted by Crippen LogP contribution is 2.06. The van der Waals surface area contributed by atoms with Gasteiger partial charge in [0, 0.05) is 0 Å². The van der Waals surface area contributed by atoms with Gasteiger partial charge >= 0.3 is 37.1 Å². The topological polar surface area (TPSA) is 68.4 Å². The molecule has 0 aromatic rings. The minimum absolute atomic E-state index is 0. The van der Waals surface area contributed by atoms with Crippen molar-refractivity contribution in [3.63, 3.8) is 0 Å². The van der Waals surface area contributed by atoms with Crippen molar-refractivity contribution < 1.29 is 21.9 Å². The summed E-state index contributed by atoms with van der Waals surface area (Å²) in [6.45, 7) is 7.92. The van der Waals surface area contributed by atoms with Crippen LogP contribution >= 0.6 is 0 Å². The monoisotopic (exact) mass is 254 g/mol. The molecule has 1 rings (SSSR count). The van der Waals surface area contributed by atoms with E-state index >= 15 is 0 Å². The quantitative estimate of drug-likeness (QED) is 0.557. The Kier molecular flexibility index (Phi) is 6.53. The molecule has 76 valence electrons. The first-order chi connectivity index (χ1) is 5.58. The van der Waals surface area contributed by atoms with E-state index in [1.165, 1.54) is 0 Å². The van der Waals surface area contributed by atoms with Crippen molar-refractivity contribution in [2.24, 2.45) is 0 Å². The summed E-state index contributed by atoms with van der Waals surface area (Å²) < 4.78 is 22.2. The van der Waals surface area contributed by atoms with E-state index in [1.807, 2.05) is 26.2 Å². The SMILES string of the molecule is C[Si]1O[Si](C)O[Si](C)O[Si](C)O1.O. The number of hydrogen-bond acceptors (Lipinski definition) is 4. The molecule has 0 bridgehead atoms. The molecule has 1 fully saturated rings. The first-order valence-electron chi connectivity index (χ1n) is 3.63. The first-order valence-corrected chi connectivity index (χ1v) is 10.9. The molecule has 0 unspecified atom stereocenters. The van der Waals surface area contributed by atoms with Gasteiger partial charge in [0.1, 0.15) is 0 Å².